The van der Waals surface area contributed by atoms with Crippen molar-refractivity contribution in [2.24, 2.45) is 4.99 Å². The van der Waals surface area contributed by atoms with Gasteiger partial charge in [-0.15, -0.1) is 0 Å². The number of fused-ring (bicyclic) bond motifs is 10. The monoisotopic (exact) mass is 1040 g/mol. The number of carbonyl (C=O) groups is 1. The highest BCUT2D eigenvalue weighted by molar-refractivity contribution is 7.87. The molecule has 72 heavy (non-hydrogen) atoms. The normalized spacial score (nSPS) is 17.4. The van der Waals surface area contributed by atoms with Crippen LogP contribution in [-0.2, 0) is 56.6 Å². The Morgan fingerprint density at radius 2 is 0.861 bits per heavy atom. The number of Topliss-reactive ketones (excluding diaryl/α,β-unsaturated/α-hetero) is 1. The molecule has 18 nitrogen and oxygen atoms in total. The summed E-state index contributed by atoms with van der Waals surface area (Å²) in [5.74, 6) is -1.98. The van der Waals surface area contributed by atoms with Crippen LogP contribution >= 0.6 is 0 Å². The first-order chi connectivity index (χ1) is 34.0. The molecule has 5 aliphatic rings. The number of allylic oxidation sites excluding steroid dienone is 2. The molecule has 0 fully saturated rings. The van der Waals surface area contributed by atoms with Crippen LogP contribution in [0.1, 0.15) is 27.8 Å². The zero-order valence-corrected chi connectivity index (χ0v) is 39.5. The predicted molar refractivity (Wildman–Crippen MR) is 262 cm³/mol. The standard InChI is InChI=1S/C50H30N4O14S4/c55-47-39(27-21-37(71(63,64)65)43-35(69(57,58)59)19-17-33-41(43)45(27)53-49(51-33)29-13-5-1-9-23(29)24-10-2-6-14-30(24)49)48(56)40(47)28-22-38(72(66,67)68)44-36(70(60,61)62)20-18-34-42(44)46(28)54-50(52-34)31-15-7-3-11-25(31)26-12-4-8-16-32(26)50/h1-22,51-53,55H,(H,57,58,59)(H,60,61,62)(H,63,64,65)(H,66,67,68). The van der Waals surface area contributed by atoms with Gasteiger partial charge in [-0.05, 0) is 58.7 Å². The molecule has 0 unspecified atom stereocenters. The van der Waals surface area contributed by atoms with Crippen molar-refractivity contribution >= 4 is 96.0 Å². The number of ketones is 1. The average Bonchev–Trinajstić information content (AvgIpc) is 3.74. The van der Waals surface area contributed by atoms with Gasteiger partial charge in [0, 0.05) is 66.0 Å². The lowest BCUT2D eigenvalue weighted by Crippen LogP contribution is -2.46. The van der Waals surface area contributed by atoms with Gasteiger partial charge in [-0.1, -0.05) is 97.1 Å². The van der Waals surface area contributed by atoms with Gasteiger partial charge >= 0.3 is 0 Å². The van der Waals surface area contributed by atoms with E-state index in [9.17, 15) is 57.0 Å². The summed E-state index contributed by atoms with van der Waals surface area (Å²) in [4.78, 5) is 16.5. The van der Waals surface area contributed by atoms with Crippen LogP contribution in [0.2, 0.25) is 0 Å². The summed E-state index contributed by atoms with van der Waals surface area (Å²) in [6, 6.07) is 34.8. The van der Waals surface area contributed by atoms with Crippen molar-refractivity contribution in [3.05, 3.63) is 178 Å². The quantitative estimate of drug-likeness (QED) is 0.0874. The number of carbonyl (C=O) groups excluding carboxylic acids is 1. The Balaban J connectivity index is 1.18. The number of rotatable bonds is 5. The topological polar surface area (TPSA) is 303 Å². The first-order valence-electron chi connectivity index (χ1n) is 21.5. The van der Waals surface area contributed by atoms with Gasteiger partial charge in [-0.25, -0.2) is 4.99 Å². The van der Waals surface area contributed by atoms with Crippen LogP contribution in [0.3, 0.4) is 0 Å². The van der Waals surface area contributed by atoms with Gasteiger partial charge in [0.15, 0.2) is 11.3 Å². The summed E-state index contributed by atoms with van der Waals surface area (Å²) in [5.41, 5.74) is 0.691. The lowest BCUT2D eigenvalue weighted by Gasteiger charge is -2.42. The summed E-state index contributed by atoms with van der Waals surface area (Å²) in [7, 11) is -21.4. The molecule has 22 heteroatoms. The molecule has 2 spiro atoms. The van der Waals surface area contributed by atoms with Gasteiger partial charge in [0.05, 0.1) is 22.2 Å². The van der Waals surface area contributed by atoms with Gasteiger partial charge in [0.25, 0.3) is 40.5 Å². The minimum atomic E-state index is -5.48. The van der Waals surface area contributed by atoms with Gasteiger partial charge < -0.3 is 21.1 Å². The molecule has 8 aromatic rings. The van der Waals surface area contributed by atoms with Crippen molar-refractivity contribution in [3.8, 4) is 22.3 Å². The first kappa shape index (κ1) is 44.2. The summed E-state index contributed by atoms with van der Waals surface area (Å²) in [5, 5.41) is 20.0. The molecule has 2 aliphatic heterocycles. The number of nitrogens with zero attached hydrogens (tertiary/aromatic N) is 1. The van der Waals surface area contributed by atoms with Crippen molar-refractivity contribution in [2.75, 3.05) is 16.0 Å². The molecule has 0 atom stereocenters. The Morgan fingerprint density at radius 3 is 1.35 bits per heavy atom. The van der Waals surface area contributed by atoms with E-state index < -0.39 is 116 Å². The largest absolute Gasteiger partial charge is 0.506 e. The molecule has 8 N–H and O–H groups in total. The number of hydrogen-bond acceptors (Lipinski definition) is 14. The smallest absolute Gasteiger partial charge is 0.295 e. The second kappa shape index (κ2) is 14.0. The van der Waals surface area contributed by atoms with Crippen LogP contribution in [0.15, 0.2) is 164 Å². The van der Waals surface area contributed by atoms with E-state index in [1.807, 2.05) is 36.4 Å². The molecule has 13 rings (SSSR count). The molecule has 8 aromatic carbocycles. The van der Waals surface area contributed by atoms with E-state index >= 15 is 4.79 Å². The van der Waals surface area contributed by atoms with E-state index in [0.717, 1.165) is 46.5 Å². The molecule has 0 bridgehead atoms. The Morgan fingerprint density at radius 1 is 0.431 bits per heavy atom. The minimum Gasteiger partial charge on any atom is -0.506 e. The average molecular weight is 1040 g/mol. The fraction of sp³-hybridized carbons (Fsp3) is 0.0400. The fourth-order valence-corrected chi connectivity index (χ4v) is 14.4. The Labute approximate surface area is 407 Å². The molecular formula is C50H30N4O14S4. The van der Waals surface area contributed by atoms with Crippen LogP contribution in [-0.4, -0.2) is 62.8 Å². The minimum absolute atomic E-state index is 0.0368. The molecule has 358 valence electrons. The van der Waals surface area contributed by atoms with Crippen molar-refractivity contribution in [2.45, 2.75) is 30.9 Å². The highest BCUT2D eigenvalue weighted by Crippen LogP contribution is 2.57. The van der Waals surface area contributed by atoms with E-state index in [0.29, 0.717) is 22.3 Å². The van der Waals surface area contributed by atoms with E-state index in [4.69, 9.17) is 4.99 Å². The SMILES string of the molecule is O=C1C(c2cc(S(=O)(=O)O)c3c(S(=O)(=O)O)ccc4c3c2NC2(N4)c3ccccc3-c3ccccc32)=C(O)C1=c1cc(S(=O)(=O)O)c2c(S(=O)(=O)O)ccc3c2c1=NC1(N3)c2ccccc2-c2ccccc21. The maximum atomic E-state index is 15.3. The molecule has 0 saturated carbocycles. The number of anilines is 3. The van der Waals surface area contributed by atoms with Crippen molar-refractivity contribution in [1.82, 2.24) is 0 Å². The molecule has 0 amide bonds. The first-order valence-corrected chi connectivity index (χ1v) is 27.3. The maximum Gasteiger partial charge on any atom is 0.295 e. The third kappa shape index (κ3) is 5.70. The second-order valence-corrected chi connectivity index (χ2v) is 23.3. The van der Waals surface area contributed by atoms with E-state index in [-0.39, 0.29) is 33.2 Å². The summed E-state index contributed by atoms with van der Waals surface area (Å²) in [6.45, 7) is 0. The van der Waals surface area contributed by atoms with Crippen LogP contribution in [0.25, 0.3) is 54.9 Å². The van der Waals surface area contributed by atoms with Gasteiger partial charge in [-0.2, -0.15) is 33.7 Å². The van der Waals surface area contributed by atoms with E-state index in [1.54, 1.807) is 60.7 Å². The number of nitrogens with one attached hydrogen (secondary N) is 3. The van der Waals surface area contributed by atoms with E-state index in [2.05, 4.69) is 16.0 Å². The molecule has 3 aliphatic carbocycles. The lowest BCUT2D eigenvalue weighted by atomic mass is 9.79. The third-order valence-corrected chi connectivity index (χ3v) is 17.6. The summed E-state index contributed by atoms with van der Waals surface area (Å²) >= 11 is 0. The number of aliphatic hydroxyl groups excluding tert-OH is 1. The Hall–Kier alpha value is -7.80. The Kier molecular flexibility index (Phi) is 8.58. The van der Waals surface area contributed by atoms with Crippen LogP contribution in [0.4, 0.5) is 17.1 Å². The zero-order chi connectivity index (χ0) is 50.4. The molecule has 0 saturated heterocycles. The van der Waals surface area contributed by atoms with Gasteiger partial charge in [0.2, 0.25) is 5.78 Å². The highest BCUT2D eigenvalue weighted by atomic mass is 32.2. The highest BCUT2D eigenvalue weighted by Gasteiger charge is 2.50. The zero-order valence-electron chi connectivity index (χ0n) is 36.2. The van der Waals surface area contributed by atoms with Gasteiger partial charge in [0.1, 0.15) is 25.3 Å². The molecule has 2 heterocycles. The molecule has 0 aromatic heterocycles. The van der Waals surface area contributed by atoms with Crippen molar-refractivity contribution in [3.63, 3.8) is 0 Å². The van der Waals surface area contributed by atoms with Crippen LogP contribution < -0.4 is 26.5 Å². The summed E-state index contributed by atoms with van der Waals surface area (Å²) in [6.07, 6.45) is 0. The molecule has 0 radical (unpaired) electrons. The van der Waals surface area contributed by atoms with Crippen molar-refractivity contribution in [1.29, 1.82) is 0 Å². The molecular weight excluding hydrogens is 1010 g/mol. The number of aliphatic hydroxyl groups is 1. The van der Waals surface area contributed by atoms with Crippen LogP contribution in [0.5, 0.6) is 0 Å². The number of hydrogen-bond donors (Lipinski definition) is 8. The number of benzene rings is 8. The lowest BCUT2D eigenvalue weighted by molar-refractivity contribution is -0.109. The van der Waals surface area contributed by atoms with Crippen LogP contribution in [0, 0.1) is 0 Å². The maximum absolute atomic E-state index is 15.3. The summed E-state index contributed by atoms with van der Waals surface area (Å²) < 4.78 is 148. The second-order valence-electron chi connectivity index (χ2n) is 17.7. The van der Waals surface area contributed by atoms with Gasteiger partial charge in [-0.3, -0.25) is 23.0 Å². The third-order valence-electron chi connectivity index (χ3n) is 14.1. The Bertz CT molecular complexity index is 4560. The fourth-order valence-electron chi connectivity index (χ4n) is 11.3. The van der Waals surface area contributed by atoms with E-state index in [1.165, 1.54) is 12.1 Å². The van der Waals surface area contributed by atoms with Crippen molar-refractivity contribution < 1.29 is 61.8 Å². The predicted octanol–water partition coefficient (Wildman–Crippen LogP) is 6.33.